The second-order valence-electron chi connectivity index (χ2n) is 8.67. The first kappa shape index (κ1) is 28.3. The normalized spacial score (nSPS) is 17.0. The predicted molar refractivity (Wildman–Crippen MR) is 124 cm³/mol. The SMILES string of the molecule is C=C/C(=C\C=C(C)C)CS(=O)(=O)C[C@H](N[C@@H](c1ccc(F)cc1)C(F)(F)F)C(=O)NC1(C#N)CC1. The highest BCUT2D eigenvalue weighted by molar-refractivity contribution is 7.91. The summed E-state index contributed by atoms with van der Waals surface area (Å²) in [4.78, 5) is 12.9. The number of sulfone groups is 1. The van der Waals surface area contributed by atoms with Gasteiger partial charge in [-0.2, -0.15) is 18.4 Å². The minimum atomic E-state index is -4.93. The first-order valence-corrected chi connectivity index (χ1v) is 12.5. The first-order chi connectivity index (χ1) is 16.2. The predicted octanol–water partition coefficient (Wildman–Crippen LogP) is 4.05. The van der Waals surface area contributed by atoms with Gasteiger partial charge in [-0.1, -0.05) is 42.5 Å². The van der Waals surface area contributed by atoms with Gasteiger partial charge < -0.3 is 5.32 Å². The zero-order chi connectivity index (χ0) is 26.4. The molecule has 1 saturated carbocycles. The Morgan fingerprint density at radius 2 is 1.83 bits per heavy atom. The highest BCUT2D eigenvalue weighted by Crippen LogP contribution is 2.35. The Kier molecular flexibility index (Phi) is 9.03. The van der Waals surface area contributed by atoms with Crippen LogP contribution in [0.25, 0.3) is 0 Å². The van der Waals surface area contributed by atoms with Crippen LogP contribution in [0.1, 0.15) is 38.3 Å². The fourth-order valence-corrected chi connectivity index (χ4v) is 4.76. The lowest BCUT2D eigenvalue weighted by atomic mass is 10.0. The number of hydrogen-bond donors (Lipinski definition) is 2. The van der Waals surface area contributed by atoms with Gasteiger partial charge in [0.15, 0.2) is 9.84 Å². The maximum atomic E-state index is 13.9. The van der Waals surface area contributed by atoms with E-state index >= 15 is 0 Å². The summed E-state index contributed by atoms with van der Waals surface area (Å²) >= 11 is 0. The molecule has 0 radical (unpaired) electrons. The van der Waals surface area contributed by atoms with Crippen molar-refractivity contribution in [3.8, 4) is 6.07 Å². The van der Waals surface area contributed by atoms with Crippen LogP contribution < -0.4 is 10.6 Å². The number of nitrogens with zero attached hydrogens (tertiary/aromatic N) is 1. The van der Waals surface area contributed by atoms with E-state index in [1.54, 1.807) is 19.9 Å². The maximum Gasteiger partial charge on any atom is 0.407 e. The van der Waals surface area contributed by atoms with Crippen molar-refractivity contribution >= 4 is 15.7 Å². The number of rotatable bonds is 11. The van der Waals surface area contributed by atoms with Crippen LogP contribution in [0.2, 0.25) is 0 Å². The third kappa shape index (κ3) is 8.64. The molecule has 0 saturated heterocycles. The van der Waals surface area contributed by atoms with Gasteiger partial charge >= 0.3 is 6.18 Å². The van der Waals surface area contributed by atoms with Crippen LogP contribution in [-0.2, 0) is 14.6 Å². The summed E-state index contributed by atoms with van der Waals surface area (Å²) < 4.78 is 80.8. The molecule has 0 spiro atoms. The Morgan fingerprint density at radius 1 is 1.23 bits per heavy atom. The summed E-state index contributed by atoms with van der Waals surface area (Å²) in [7, 11) is -4.11. The zero-order valence-corrected chi connectivity index (χ0v) is 20.1. The average Bonchev–Trinajstić information content (AvgIpc) is 3.53. The highest BCUT2D eigenvalue weighted by atomic mass is 32.2. The third-order valence-electron chi connectivity index (χ3n) is 5.24. The van der Waals surface area contributed by atoms with Gasteiger partial charge in [-0.3, -0.25) is 10.1 Å². The first-order valence-electron chi connectivity index (χ1n) is 10.7. The Balaban J connectivity index is 2.38. The monoisotopic (exact) mass is 513 g/mol. The lowest BCUT2D eigenvalue weighted by Crippen LogP contribution is -2.54. The second kappa shape index (κ2) is 11.2. The van der Waals surface area contributed by atoms with Gasteiger partial charge in [0.25, 0.3) is 0 Å². The molecule has 1 fully saturated rings. The molecule has 2 rings (SSSR count). The van der Waals surface area contributed by atoms with E-state index in [0.717, 1.165) is 29.8 Å². The van der Waals surface area contributed by atoms with Crippen molar-refractivity contribution in [2.24, 2.45) is 0 Å². The lowest BCUT2D eigenvalue weighted by molar-refractivity contribution is -0.160. The number of carbonyl (C=O) groups excluding carboxylic acids is 1. The fraction of sp³-hybridized carbons (Fsp3) is 0.417. The molecule has 0 aromatic heterocycles. The molecule has 1 aliphatic rings. The van der Waals surface area contributed by atoms with Crippen LogP contribution in [0, 0.1) is 17.1 Å². The molecule has 0 bridgehead atoms. The number of nitrogens with one attached hydrogen (secondary N) is 2. The average molecular weight is 514 g/mol. The molecule has 11 heteroatoms. The number of amides is 1. The Morgan fingerprint density at radius 3 is 2.29 bits per heavy atom. The molecule has 0 unspecified atom stereocenters. The summed E-state index contributed by atoms with van der Waals surface area (Å²) in [6.45, 7) is 7.15. The Labute approximate surface area is 202 Å². The second-order valence-corrected chi connectivity index (χ2v) is 10.8. The van der Waals surface area contributed by atoms with E-state index in [1.165, 1.54) is 12.2 Å². The van der Waals surface area contributed by atoms with Crippen molar-refractivity contribution in [2.45, 2.75) is 50.5 Å². The molecular formula is C24H27F4N3O3S. The standard InChI is InChI=1S/C24H27F4N3O3S/c1-4-17(6-5-16(2)3)13-35(33,34)14-20(22(32)31-23(15-29)11-12-23)30-21(24(26,27)28)18-7-9-19(25)10-8-18/h4-10,20-21,30H,1,11-14H2,2-3H3,(H,31,32)/b17-6+/t20-,21-/m0/s1. The van der Waals surface area contributed by atoms with Crippen molar-refractivity contribution in [1.29, 1.82) is 5.26 Å². The van der Waals surface area contributed by atoms with E-state index in [-0.39, 0.29) is 0 Å². The number of hydrogen-bond acceptors (Lipinski definition) is 5. The van der Waals surface area contributed by atoms with Crippen molar-refractivity contribution in [2.75, 3.05) is 11.5 Å². The highest BCUT2D eigenvalue weighted by Gasteiger charge is 2.48. The van der Waals surface area contributed by atoms with Crippen LogP contribution in [0.15, 0.2) is 60.2 Å². The molecule has 190 valence electrons. The molecule has 1 aromatic carbocycles. The van der Waals surface area contributed by atoms with Gasteiger partial charge in [-0.05, 0) is 50.0 Å². The molecule has 1 aliphatic carbocycles. The Hall–Kier alpha value is -2.97. The third-order valence-corrected chi connectivity index (χ3v) is 6.86. The van der Waals surface area contributed by atoms with E-state index in [0.29, 0.717) is 18.4 Å². The van der Waals surface area contributed by atoms with Gasteiger partial charge in [0.2, 0.25) is 5.91 Å². The quantitative estimate of drug-likeness (QED) is 0.344. The van der Waals surface area contributed by atoms with Gasteiger partial charge in [-0.25, -0.2) is 12.8 Å². The van der Waals surface area contributed by atoms with Crippen molar-refractivity contribution in [3.63, 3.8) is 0 Å². The van der Waals surface area contributed by atoms with E-state index < -0.39 is 62.4 Å². The van der Waals surface area contributed by atoms with E-state index in [1.807, 2.05) is 6.07 Å². The van der Waals surface area contributed by atoms with E-state index in [4.69, 9.17) is 0 Å². The minimum Gasteiger partial charge on any atom is -0.336 e. The molecular weight excluding hydrogens is 486 g/mol. The van der Waals surface area contributed by atoms with Crippen molar-refractivity contribution < 1.29 is 30.8 Å². The Bertz CT molecular complexity index is 1140. The van der Waals surface area contributed by atoms with E-state index in [2.05, 4.69) is 17.2 Å². The van der Waals surface area contributed by atoms with Crippen molar-refractivity contribution in [3.05, 3.63) is 71.6 Å². The molecule has 2 N–H and O–H groups in total. The lowest BCUT2D eigenvalue weighted by Gasteiger charge is -2.28. The molecule has 6 nitrogen and oxygen atoms in total. The molecule has 1 aromatic rings. The molecule has 1 amide bonds. The number of benzene rings is 1. The molecule has 0 aliphatic heterocycles. The molecule has 0 heterocycles. The van der Waals surface area contributed by atoms with Gasteiger partial charge in [0.05, 0.1) is 17.6 Å². The topological polar surface area (TPSA) is 99.1 Å². The number of allylic oxidation sites excluding steroid dienone is 4. The molecule has 2 atom stereocenters. The van der Waals surface area contributed by atoms with Crippen LogP contribution in [-0.4, -0.2) is 43.6 Å². The summed E-state index contributed by atoms with van der Waals surface area (Å²) in [5.41, 5.74) is -0.433. The van der Waals surface area contributed by atoms with Crippen LogP contribution in [0.3, 0.4) is 0 Å². The number of alkyl halides is 3. The van der Waals surface area contributed by atoms with Crippen molar-refractivity contribution in [1.82, 2.24) is 10.6 Å². The van der Waals surface area contributed by atoms with E-state index in [9.17, 15) is 36.0 Å². The van der Waals surface area contributed by atoms with Crippen LogP contribution in [0.5, 0.6) is 0 Å². The maximum absolute atomic E-state index is 13.9. The zero-order valence-electron chi connectivity index (χ0n) is 19.3. The fourth-order valence-electron chi connectivity index (χ4n) is 3.16. The summed E-state index contributed by atoms with van der Waals surface area (Å²) in [5, 5.41) is 13.7. The van der Waals surface area contributed by atoms with Crippen LogP contribution >= 0.6 is 0 Å². The number of nitriles is 1. The van der Waals surface area contributed by atoms with Crippen LogP contribution in [0.4, 0.5) is 17.6 Å². The number of halogens is 4. The van der Waals surface area contributed by atoms with Gasteiger partial charge in [-0.15, -0.1) is 0 Å². The summed E-state index contributed by atoms with van der Waals surface area (Å²) in [6.07, 6.45) is 0.178. The molecule has 35 heavy (non-hydrogen) atoms. The smallest absolute Gasteiger partial charge is 0.336 e. The summed E-state index contributed by atoms with van der Waals surface area (Å²) in [6, 6.07) is 1.07. The summed E-state index contributed by atoms with van der Waals surface area (Å²) in [5.74, 6) is -3.31. The van der Waals surface area contributed by atoms with Gasteiger partial charge in [0.1, 0.15) is 23.4 Å². The number of carbonyl (C=O) groups is 1. The largest absolute Gasteiger partial charge is 0.407 e. The van der Waals surface area contributed by atoms with Gasteiger partial charge in [0, 0.05) is 0 Å². The minimum absolute atomic E-state index is 0.298.